The summed E-state index contributed by atoms with van der Waals surface area (Å²) in [6, 6.07) is 12.9. The Morgan fingerprint density at radius 2 is 2.22 bits per heavy atom. The van der Waals surface area contributed by atoms with Gasteiger partial charge in [0, 0.05) is 11.4 Å². The van der Waals surface area contributed by atoms with E-state index in [2.05, 4.69) is 64.2 Å². The number of carboxylic acid groups (broad SMARTS) is 1. The van der Waals surface area contributed by atoms with E-state index in [0.29, 0.717) is 6.54 Å². The molecule has 1 aromatic heterocycles. The topological polar surface area (TPSA) is 40.5 Å². The number of hydrogen-bond donors (Lipinski definition) is 1. The lowest BCUT2D eigenvalue weighted by molar-refractivity contribution is -0.143. The van der Waals surface area contributed by atoms with Crippen LogP contribution in [-0.4, -0.2) is 29.1 Å². The van der Waals surface area contributed by atoms with Crippen LogP contribution in [-0.2, 0) is 4.79 Å². The second-order valence-corrected chi connectivity index (χ2v) is 8.63. The quantitative estimate of drug-likeness (QED) is 0.817. The zero-order valence-corrected chi connectivity index (χ0v) is 15.4. The van der Waals surface area contributed by atoms with Crippen LogP contribution in [0.3, 0.4) is 0 Å². The Morgan fingerprint density at radius 3 is 2.87 bits per heavy atom. The lowest BCUT2D eigenvalue weighted by Gasteiger charge is -2.37. The third-order valence-electron chi connectivity index (χ3n) is 4.39. The molecule has 1 aliphatic rings. The molecule has 3 nitrogen and oxygen atoms in total. The number of likely N-dealkylation sites (tertiary alicyclic amines) is 1. The molecule has 0 aliphatic carbocycles. The van der Waals surface area contributed by atoms with Crippen LogP contribution in [0.25, 0.3) is 0 Å². The van der Waals surface area contributed by atoms with Crippen LogP contribution in [0.5, 0.6) is 0 Å². The molecule has 2 heterocycles. The van der Waals surface area contributed by atoms with Crippen molar-refractivity contribution in [2.45, 2.75) is 25.8 Å². The average molecular weight is 394 g/mol. The van der Waals surface area contributed by atoms with Crippen molar-refractivity contribution in [2.24, 2.45) is 5.92 Å². The maximum atomic E-state index is 11.4. The second kappa shape index (κ2) is 7.16. The van der Waals surface area contributed by atoms with E-state index >= 15 is 0 Å². The van der Waals surface area contributed by atoms with Crippen molar-refractivity contribution in [2.75, 3.05) is 13.1 Å². The number of carboxylic acids is 1. The summed E-state index contributed by atoms with van der Waals surface area (Å²) < 4.78 is 1.11. The third kappa shape index (κ3) is 3.84. The molecule has 1 aliphatic heterocycles. The molecule has 2 aromatic rings. The predicted octanol–water partition coefficient (Wildman–Crippen LogP) is 4.71. The van der Waals surface area contributed by atoms with Gasteiger partial charge in [0.25, 0.3) is 0 Å². The van der Waals surface area contributed by atoms with Crippen molar-refractivity contribution in [1.29, 1.82) is 0 Å². The van der Waals surface area contributed by atoms with Crippen LogP contribution in [0, 0.1) is 12.8 Å². The summed E-state index contributed by atoms with van der Waals surface area (Å²) in [5.74, 6) is -0.940. The highest BCUT2D eigenvalue weighted by Gasteiger charge is 2.31. The minimum atomic E-state index is -0.676. The van der Waals surface area contributed by atoms with Crippen LogP contribution in [0.2, 0.25) is 0 Å². The molecule has 23 heavy (non-hydrogen) atoms. The first-order chi connectivity index (χ1) is 11.0. The summed E-state index contributed by atoms with van der Waals surface area (Å²) in [7, 11) is 0. The normalized spacial score (nSPS) is 20.3. The number of hydrogen-bond acceptors (Lipinski definition) is 3. The van der Waals surface area contributed by atoms with Gasteiger partial charge in [-0.15, -0.1) is 11.3 Å². The van der Waals surface area contributed by atoms with E-state index in [1.165, 1.54) is 16.0 Å². The summed E-state index contributed by atoms with van der Waals surface area (Å²) in [4.78, 5) is 15.0. The highest BCUT2D eigenvalue weighted by Crippen LogP contribution is 2.37. The lowest BCUT2D eigenvalue weighted by Crippen LogP contribution is -2.41. The van der Waals surface area contributed by atoms with Gasteiger partial charge in [0.2, 0.25) is 0 Å². The van der Waals surface area contributed by atoms with Crippen LogP contribution in [0.15, 0.2) is 40.2 Å². The number of benzene rings is 1. The molecule has 2 unspecified atom stereocenters. The first-order valence-electron chi connectivity index (χ1n) is 7.83. The summed E-state index contributed by atoms with van der Waals surface area (Å²) in [5.41, 5.74) is 2.47. The minimum Gasteiger partial charge on any atom is -0.481 e. The Kier molecular flexibility index (Phi) is 5.19. The SMILES string of the molecule is Cc1cccc(C(c2ccc(Br)s2)N2CCCC(C(=O)O)C2)c1. The van der Waals surface area contributed by atoms with Gasteiger partial charge >= 0.3 is 5.97 Å². The van der Waals surface area contributed by atoms with E-state index in [-0.39, 0.29) is 12.0 Å². The van der Waals surface area contributed by atoms with E-state index in [9.17, 15) is 9.90 Å². The number of piperidine rings is 1. The smallest absolute Gasteiger partial charge is 0.307 e. The van der Waals surface area contributed by atoms with Crippen molar-refractivity contribution >= 4 is 33.2 Å². The number of thiophene rings is 1. The van der Waals surface area contributed by atoms with Gasteiger partial charge in [0.05, 0.1) is 15.7 Å². The molecule has 1 fully saturated rings. The van der Waals surface area contributed by atoms with Gasteiger partial charge in [-0.25, -0.2) is 0 Å². The van der Waals surface area contributed by atoms with Crippen LogP contribution in [0.1, 0.15) is 34.9 Å². The largest absolute Gasteiger partial charge is 0.481 e. The molecule has 5 heteroatoms. The predicted molar refractivity (Wildman–Crippen MR) is 97.0 cm³/mol. The van der Waals surface area contributed by atoms with E-state index in [0.717, 1.165) is 23.2 Å². The fourth-order valence-corrected chi connectivity index (χ4v) is 4.90. The fourth-order valence-electron chi connectivity index (χ4n) is 3.31. The second-order valence-electron chi connectivity index (χ2n) is 6.13. The van der Waals surface area contributed by atoms with Crippen LogP contribution in [0.4, 0.5) is 0 Å². The molecule has 1 aromatic carbocycles. The molecular weight excluding hydrogens is 374 g/mol. The zero-order valence-electron chi connectivity index (χ0n) is 13.0. The van der Waals surface area contributed by atoms with E-state index in [1.54, 1.807) is 11.3 Å². The third-order valence-corrected chi connectivity index (χ3v) is 6.06. The van der Waals surface area contributed by atoms with Gasteiger partial charge in [-0.2, -0.15) is 0 Å². The minimum absolute atomic E-state index is 0.133. The highest BCUT2D eigenvalue weighted by molar-refractivity contribution is 9.11. The van der Waals surface area contributed by atoms with Crippen molar-refractivity contribution in [3.8, 4) is 0 Å². The molecule has 0 radical (unpaired) electrons. The Morgan fingerprint density at radius 1 is 1.39 bits per heavy atom. The summed E-state index contributed by atoms with van der Waals surface area (Å²) in [6.07, 6.45) is 1.71. The maximum absolute atomic E-state index is 11.4. The highest BCUT2D eigenvalue weighted by atomic mass is 79.9. The molecule has 0 spiro atoms. The number of halogens is 1. The van der Waals surface area contributed by atoms with Crippen LogP contribution >= 0.6 is 27.3 Å². The number of rotatable bonds is 4. The average Bonchev–Trinajstić information content (AvgIpc) is 2.94. The summed E-state index contributed by atoms with van der Waals surface area (Å²) in [6.45, 7) is 3.66. The molecule has 1 N–H and O–H groups in total. The van der Waals surface area contributed by atoms with Crippen molar-refractivity contribution in [3.63, 3.8) is 0 Å². The Labute approximate surface area is 149 Å². The van der Waals surface area contributed by atoms with E-state index < -0.39 is 5.97 Å². The molecule has 1 saturated heterocycles. The van der Waals surface area contributed by atoms with Gasteiger partial charge in [0.1, 0.15) is 0 Å². The van der Waals surface area contributed by atoms with E-state index in [4.69, 9.17) is 0 Å². The fraction of sp³-hybridized carbons (Fsp3) is 0.389. The monoisotopic (exact) mass is 393 g/mol. The lowest BCUT2D eigenvalue weighted by atomic mass is 9.94. The van der Waals surface area contributed by atoms with Gasteiger partial charge in [-0.05, 0) is 59.9 Å². The summed E-state index contributed by atoms with van der Waals surface area (Å²) >= 11 is 5.28. The Bertz CT molecular complexity index is 700. The van der Waals surface area contributed by atoms with Crippen molar-refractivity contribution in [1.82, 2.24) is 4.90 Å². The number of aliphatic carboxylic acids is 1. The molecule has 122 valence electrons. The van der Waals surface area contributed by atoms with Gasteiger partial charge in [-0.1, -0.05) is 29.8 Å². The van der Waals surface area contributed by atoms with E-state index in [1.807, 2.05) is 0 Å². The first-order valence-corrected chi connectivity index (χ1v) is 9.44. The molecule has 0 saturated carbocycles. The standard InChI is InChI=1S/C18H20BrNO2S/c1-12-4-2-5-13(10-12)17(15-7-8-16(19)23-15)20-9-3-6-14(11-20)18(21)22/h2,4-5,7-8,10,14,17H,3,6,9,11H2,1H3,(H,21,22). The molecular formula is C18H20BrNO2S. The maximum Gasteiger partial charge on any atom is 0.307 e. The Balaban J connectivity index is 1.96. The van der Waals surface area contributed by atoms with Gasteiger partial charge in [0.15, 0.2) is 0 Å². The van der Waals surface area contributed by atoms with Gasteiger partial charge in [-0.3, -0.25) is 9.69 Å². The van der Waals surface area contributed by atoms with Gasteiger partial charge < -0.3 is 5.11 Å². The summed E-state index contributed by atoms with van der Waals surface area (Å²) in [5, 5.41) is 9.40. The molecule has 3 rings (SSSR count). The number of aryl methyl sites for hydroxylation is 1. The number of nitrogens with zero attached hydrogens (tertiary/aromatic N) is 1. The Hall–Kier alpha value is -1.17. The van der Waals surface area contributed by atoms with Crippen molar-refractivity contribution in [3.05, 3.63) is 56.2 Å². The molecule has 2 atom stereocenters. The first kappa shape index (κ1) is 16.7. The molecule has 0 amide bonds. The number of carbonyl (C=O) groups is 1. The molecule has 0 bridgehead atoms. The zero-order chi connectivity index (χ0) is 16.4. The van der Waals surface area contributed by atoms with Crippen LogP contribution < -0.4 is 0 Å². The van der Waals surface area contributed by atoms with Crippen molar-refractivity contribution < 1.29 is 9.90 Å².